The van der Waals surface area contributed by atoms with E-state index in [4.69, 9.17) is 9.15 Å². The van der Waals surface area contributed by atoms with Crippen LogP contribution in [0.5, 0.6) is 0 Å². The smallest absolute Gasteiger partial charge is 0.191 e. The van der Waals surface area contributed by atoms with Gasteiger partial charge in [0.25, 0.3) is 0 Å². The maximum absolute atomic E-state index is 11.3. The van der Waals surface area contributed by atoms with Gasteiger partial charge in [0.2, 0.25) is 0 Å². The average molecular weight is 182 g/mol. The van der Waals surface area contributed by atoms with Crippen LogP contribution in [0.2, 0.25) is 0 Å². The minimum Gasteiger partial charge on any atom is -0.469 e. The van der Waals surface area contributed by atoms with Crippen LogP contribution in [0.25, 0.3) is 0 Å². The van der Waals surface area contributed by atoms with Crippen molar-refractivity contribution in [1.29, 1.82) is 0 Å². The molecule has 1 aromatic rings. The Morgan fingerprint density at radius 3 is 2.92 bits per heavy atom. The molecular weight excluding hydrogens is 168 g/mol. The molecule has 1 aromatic heterocycles. The van der Waals surface area contributed by atoms with Crippen LogP contribution >= 0.6 is 0 Å². The molecule has 1 heterocycles. The summed E-state index contributed by atoms with van der Waals surface area (Å²) in [4.78, 5) is 11.3. The molecule has 0 N–H and O–H groups in total. The first-order valence-corrected chi connectivity index (χ1v) is 4.40. The number of ether oxygens (including phenoxy) is 1. The summed E-state index contributed by atoms with van der Waals surface area (Å²) < 4.78 is 10.1. The van der Waals surface area contributed by atoms with Gasteiger partial charge in [-0.2, -0.15) is 0 Å². The number of carbonyl (C=O) groups is 1. The minimum absolute atomic E-state index is 0.0229. The molecule has 1 rings (SSSR count). The van der Waals surface area contributed by atoms with Crippen molar-refractivity contribution in [3.05, 3.63) is 23.7 Å². The fraction of sp³-hybridized carbons (Fsp3) is 0.500. The molecule has 0 aliphatic rings. The molecule has 0 radical (unpaired) electrons. The Bertz CT molecular complexity index is 275. The van der Waals surface area contributed by atoms with Crippen LogP contribution in [0.3, 0.4) is 0 Å². The van der Waals surface area contributed by atoms with Gasteiger partial charge >= 0.3 is 0 Å². The summed E-state index contributed by atoms with van der Waals surface area (Å²) in [5, 5.41) is 0. The molecule has 0 aliphatic carbocycles. The zero-order valence-electron chi connectivity index (χ0n) is 8.00. The molecule has 3 heteroatoms. The molecule has 0 bridgehead atoms. The lowest BCUT2D eigenvalue weighted by atomic mass is 10.2. The average Bonchev–Trinajstić information content (AvgIpc) is 2.52. The van der Waals surface area contributed by atoms with E-state index in [0.29, 0.717) is 12.2 Å². The largest absolute Gasteiger partial charge is 0.469 e. The van der Waals surface area contributed by atoms with E-state index in [1.54, 1.807) is 6.07 Å². The molecule has 3 nitrogen and oxygen atoms in total. The summed E-state index contributed by atoms with van der Waals surface area (Å²) in [5.74, 6) is 0.726. The zero-order chi connectivity index (χ0) is 9.68. The van der Waals surface area contributed by atoms with Crippen molar-refractivity contribution in [2.75, 3.05) is 13.2 Å². The maximum Gasteiger partial charge on any atom is 0.191 e. The molecule has 0 aliphatic heterocycles. The molecule has 0 aromatic carbocycles. The SMILES string of the molecule is CCCOCC(=O)c1coc(C)c1. The number of carbonyl (C=O) groups excluding carboxylic acids is 1. The Morgan fingerprint density at radius 1 is 1.62 bits per heavy atom. The molecule has 0 amide bonds. The highest BCUT2D eigenvalue weighted by Crippen LogP contribution is 2.06. The quantitative estimate of drug-likeness (QED) is 0.517. The fourth-order valence-electron chi connectivity index (χ4n) is 0.982. The van der Waals surface area contributed by atoms with E-state index >= 15 is 0 Å². The molecule has 0 fully saturated rings. The first-order chi connectivity index (χ1) is 6.24. The van der Waals surface area contributed by atoms with Crippen molar-refractivity contribution in [1.82, 2.24) is 0 Å². The van der Waals surface area contributed by atoms with Crippen LogP contribution in [0.4, 0.5) is 0 Å². The predicted octanol–water partition coefficient (Wildman–Crippen LogP) is 2.20. The lowest BCUT2D eigenvalue weighted by Gasteiger charge is -1.98. The molecular formula is C10H14O3. The van der Waals surface area contributed by atoms with Crippen LogP contribution in [-0.4, -0.2) is 19.0 Å². The zero-order valence-corrected chi connectivity index (χ0v) is 8.00. The van der Waals surface area contributed by atoms with Crippen LogP contribution in [0.1, 0.15) is 29.5 Å². The van der Waals surface area contributed by atoms with Crippen LogP contribution in [-0.2, 0) is 4.74 Å². The van der Waals surface area contributed by atoms with Crippen molar-refractivity contribution < 1.29 is 13.9 Å². The highest BCUT2D eigenvalue weighted by atomic mass is 16.5. The molecule has 72 valence electrons. The van der Waals surface area contributed by atoms with Crippen LogP contribution in [0, 0.1) is 6.92 Å². The van der Waals surface area contributed by atoms with Gasteiger partial charge in [-0.15, -0.1) is 0 Å². The second-order valence-corrected chi connectivity index (χ2v) is 2.92. The summed E-state index contributed by atoms with van der Waals surface area (Å²) >= 11 is 0. The standard InChI is InChI=1S/C10H14O3/c1-3-4-12-7-10(11)9-5-8(2)13-6-9/h5-6H,3-4,7H2,1-2H3. The van der Waals surface area contributed by atoms with Crippen molar-refractivity contribution in [3.8, 4) is 0 Å². The number of rotatable bonds is 5. The lowest BCUT2D eigenvalue weighted by molar-refractivity contribution is 0.0761. The van der Waals surface area contributed by atoms with Crippen molar-refractivity contribution in [3.63, 3.8) is 0 Å². The van der Waals surface area contributed by atoms with E-state index in [1.807, 2.05) is 13.8 Å². The summed E-state index contributed by atoms with van der Waals surface area (Å²) in [6.07, 6.45) is 2.39. The third kappa shape index (κ3) is 3.03. The predicted molar refractivity (Wildman–Crippen MR) is 48.9 cm³/mol. The summed E-state index contributed by atoms with van der Waals surface area (Å²) in [6.45, 7) is 4.59. The summed E-state index contributed by atoms with van der Waals surface area (Å²) in [6, 6.07) is 1.72. The van der Waals surface area contributed by atoms with E-state index in [-0.39, 0.29) is 12.4 Å². The van der Waals surface area contributed by atoms with Crippen molar-refractivity contribution in [2.45, 2.75) is 20.3 Å². The highest BCUT2D eigenvalue weighted by molar-refractivity contribution is 5.96. The Kier molecular flexibility index (Phi) is 3.71. The minimum atomic E-state index is -0.0229. The Labute approximate surface area is 77.7 Å². The van der Waals surface area contributed by atoms with E-state index in [1.165, 1.54) is 6.26 Å². The molecule has 0 spiro atoms. The summed E-state index contributed by atoms with van der Waals surface area (Å²) in [7, 11) is 0. The second kappa shape index (κ2) is 4.82. The lowest BCUT2D eigenvalue weighted by Crippen LogP contribution is -2.08. The Balaban J connectivity index is 2.40. The number of hydrogen-bond donors (Lipinski definition) is 0. The fourth-order valence-corrected chi connectivity index (χ4v) is 0.982. The van der Waals surface area contributed by atoms with Gasteiger partial charge in [-0.05, 0) is 19.4 Å². The van der Waals surface area contributed by atoms with E-state index in [9.17, 15) is 4.79 Å². The van der Waals surface area contributed by atoms with Crippen molar-refractivity contribution >= 4 is 5.78 Å². The topological polar surface area (TPSA) is 39.4 Å². The summed E-state index contributed by atoms with van der Waals surface area (Å²) in [5.41, 5.74) is 0.591. The number of hydrogen-bond acceptors (Lipinski definition) is 3. The number of aryl methyl sites for hydroxylation is 1. The van der Waals surface area contributed by atoms with Gasteiger partial charge < -0.3 is 9.15 Å². The Morgan fingerprint density at radius 2 is 2.38 bits per heavy atom. The second-order valence-electron chi connectivity index (χ2n) is 2.92. The Hall–Kier alpha value is -1.09. The number of Topliss-reactive ketones (excluding diaryl/α,β-unsaturated/α-hetero) is 1. The first kappa shape index (κ1) is 9.99. The highest BCUT2D eigenvalue weighted by Gasteiger charge is 2.07. The van der Waals surface area contributed by atoms with Crippen LogP contribution < -0.4 is 0 Å². The van der Waals surface area contributed by atoms with Gasteiger partial charge in [0.05, 0.1) is 5.56 Å². The van der Waals surface area contributed by atoms with Gasteiger partial charge in [-0.3, -0.25) is 4.79 Å². The third-order valence-corrected chi connectivity index (χ3v) is 1.63. The van der Waals surface area contributed by atoms with E-state index in [0.717, 1.165) is 12.2 Å². The monoisotopic (exact) mass is 182 g/mol. The van der Waals surface area contributed by atoms with Crippen molar-refractivity contribution in [2.24, 2.45) is 0 Å². The molecule has 0 atom stereocenters. The van der Waals surface area contributed by atoms with Gasteiger partial charge in [-0.25, -0.2) is 0 Å². The van der Waals surface area contributed by atoms with Gasteiger partial charge in [0.15, 0.2) is 5.78 Å². The molecule has 13 heavy (non-hydrogen) atoms. The van der Waals surface area contributed by atoms with E-state index < -0.39 is 0 Å². The van der Waals surface area contributed by atoms with Crippen LogP contribution in [0.15, 0.2) is 16.7 Å². The van der Waals surface area contributed by atoms with E-state index in [2.05, 4.69) is 0 Å². The van der Waals surface area contributed by atoms with Gasteiger partial charge in [0.1, 0.15) is 18.6 Å². The van der Waals surface area contributed by atoms with Gasteiger partial charge in [0, 0.05) is 6.61 Å². The number of furan rings is 1. The molecule has 0 unspecified atom stereocenters. The molecule has 0 saturated heterocycles. The molecule has 0 saturated carbocycles. The number of ketones is 1. The maximum atomic E-state index is 11.3. The van der Waals surface area contributed by atoms with Gasteiger partial charge in [-0.1, -0.05) is 6.92 Å². The first-order valence-electron chi connectivity index (χ1n) is 4.40. The normalized spacial score (nSPS) is 10.3. The third-order valence-electron chi connectivity index (χ3n) is 1.63.